The zero-order valence-corrected chi connectivity index (χ0v) is 10.3. The minimum Gasteiger partial charge on any atom is -0.478 e. The molecule has 0 saturated carbocycles. The van der Waals surface area contributed by atoms with Gasteiger partial charge in [-0.1, -0.05) is 0 Å². The number of carboxylic acids is 1. The zero-order chi connectivity index (χ0) is 12.4. The summed E-state index contributed by atoms with van der Waals surface area (Å²) in [5, 5.41) is 9.30. The van der Waals surface area contributed by atoms with Crippen molar-refractivity contribution in [3.05, 3.63) is 23.4 Å². The summed E-state index contributed by atoms with van der Waals surface area (Å²) in [4.78, 5) is 17.7. The molecule has 0 aliphatic carbocycles. The van der Waals surface area contributed by atoms with Crippen molar-refractivity contribution in [3.63, 3.8) is 0 Å². The Bertz CT molecular complexity index is 431. The van der Waals surface area contributed by atoms with Gasteiger partial charge >= 0.3 is 5.97 Å². The molecule has 4 heteroatoms. The van der Waals surface area contributed by atoms with Crippen LogP contribution >= 0.6 is 0 Å². The van der Waals surface area contributed by atoms with E-state index in [-0.39, 0.29) is 0 Å². The molecule has 2 heterocycles. The number of pyridine rings is 1. The molecule has 1 aromatic rings. The van der Waals surface area contributed by atoms with Gasteiger partial charge in [0.2, 0.25) is 0 Å². The van der Waals surface area contributed by atoms with Gasteiger partial charge in [0.05, 0.1) is 0 Å². The van der Waals surface area contributed by atoms with Crippen LogP contribution in [-0.2, 0) is 0 Å². The highest BCUT2D eigenvalue weighted by molar-refractivity contribution is 5.95. The number of piperidine rings is 1. The van der Waals surface area contributed by atoms with Crippen LogP contribution < -0.4 is 4.90 Å². The Labute approximate surface area is 101 Å². The second kappa shape index (κ2) is 4.73. The molecule has 1 saturated heterocycles. The first kappa shape index (κ1) is 11.9. The molecule has 0 aromatic carbocycles. The SMILES string of the molecule is Cc1ccnc(N2CCCCC2C)c1C(=O)O. The largest absolute Gasteiger partial charge is 0.478 e. The highest BCUT2D eigenvalue weighted by Crippen LogP contribution is 2.27. The molecule has 1 fully saturated rings. The number of aryl methyl sites for hydroxylation is 1. The topological polar surface area (TPSA) is 53.4 Å². The van der Waals surface area contributed by atoms with Crippen LogP contribution in [0.5, 0.6) is 0 Å². The first-order chi connectivity index (χ1) is 8.11. The minimum absolute atomic E-state index is 0.348. The molecule has 1 aliphatic heterocycles. The van der Waals surface area contributed by atoms with E-state index >= 15 is 0 Å². The van der Waals surface area contributed by atoms with Crippen LogP contribution in [0.3, 0.4) is 0 Å². The maximum atomic E-state index is 11.3. The van der Waals surface area contributed by atoms with Crippen LogP contribution in [0.2, 0.25) is 0 Å². The van der Waals surface area contributed by atoms with Gasteiger partial charge in [0.25, 0.3) is 0 Å². The first-order valence-electron chi connectivity index (χ1n) is 6.07. The fraction of sp³-hybridized carbons (Fsp3) is 0.538. The van der Waals surface area contributed by atoms with Crippen LogP contribution in [-0.4, -0.2) is 28.6 Å². The van der Waals surface area contributed by atoms with Crippen LogP contribution in [0.25, 0.3) is 0 Å². The third kappa shape index (κ3) is 2.25. The lowest BCUT2D eigenvalue weighted by molar-refractivity contribution is 0.0696. The van der Waals surface area contributed by atoms with Crippen molar-refractivity contribution < 1.29 is 9.90 Å². The van der Waals surface area contributed by atoms with Gasteiger partial charge in [0, 0.05) is 18.8 Å². The number of aromatic carboxylic acids is 1. The zero-order valence-electron chi connectivity index (χ0n) is 10.3. The van der Waals surface area contributed by atoms with Crippen LogP contribution in [0, 0.1) is 6.92 Å². The average molecular weight is 234 g/mol. The number of carbonyl (C=O) groups is 1. The van der Waals surface area contributed by atoms with Crippen molar-refractivity contribution >= 4 is 11.8 Å². The molecule has 1 aromatic heterocycles. The van der Waals surface area contributed by atoms with Crippen molar-refractivity contribution in [1.82, 2.24) is 4.98 Å². The summed E-state index contributed by atoms with van der Waals surface area (Å²) in [5.41, 5.74) is 1.13. The van der Waals surface area contributed by atoms with E-state index < -0.39 is 5.97 Å². The number of nitrogens with zero attached hydrogens (tertiary/aromatic N) is 2. The number of anilines is 1. The molecule has 1 atom stereocenters. The van der Waals surface area contributed by atoms with Gasteiger partial charge < -0.3 is 10.0 Å². The predicted octanol–water partition coefficient (Wildman–Crippen LogP) is 2.47. The van der Waals surface area contributed by atoms with Crippen LogP contribution in [0.1, 0.15) is 42.1 Å². The lowest BCUT2D eigenvalue weighted by Gasteiger charge is -2.35. The minimum atomic E-state index is -0.886. The lowest BCUT2D eigenvalue weighted by atomic mass is 10.0. The van der Waals surface area contributed by atoms with Crippen molar-refractivity contribution in [2.24, 2.45) is 0 Å². The molecule has 0 spiro atoms. The van der Waals surface area contributed by atoms with Gasteiger partial charge in [0.1, 0.15) is 11.4 Å². The standard InChI is InChI=1S/C13H18N2O2/c1-9-6-7-14-12(11(9)13(16)17)15-8-4-3-5-10(15)2/h6-7,10H,3-5,8H2,1-2H3,(H,16,17). The second-order valence-electron chi connectivity index (χ2n) is 4.67. The van der Waals surface area contributed by atoms with Gasteiger partial charge in [-0.05, 0) is 44.7 Å². The summed E-state index contributed by atoms with van der Waals surface area (Å²) in [6, 6.07) is 2.12. The fourth-order valence-electron chi connectivity index (χ4n) is 2.44. The van der Waals surface area contributed by atoms with Crippen LogP contribution in [0.15, 0.2) is 12.3 Å². The van der Waals surface area contributed by atoms with Crippen molar-refractivity contribution in [2.45, 2.75) is 39.2 Å². The average Bonchev–Trinajstić information content (AvgIpc) is 2.28. The van der Waals surface area contributed by atoms with E-state index in [0.717, 1.165) is 24.9 Å². The Morgan fingerprint density at radius 2 is 2.29 bits per heavy atom. The molecule has 1 unspecified atom stereocenters. The summed E-state index contributed by atoms with van der Waals surface area (Å²) in [5.74, 6) is -0.256. The maximum absolute atomic E-state index is 11.3. The first-order valence-corrected chi connectivity index (χ1v) is 6.07. The van der Waals surface area contributed by atoms with Gasteiger partial charge in [-0.25, -0.2) is 9.78 Å². The number of rotatable bonds is 2. The van der Waals surface area contributed by atoms with E-state index in [9.17, 15) is 9.90 Å². The van der Waals surface area contributed by atoms with Gasteiger partial charge in [-0.3, -0.25) is 0 Å². The Morgan fingerprint density at radius 3 is 2.94 bits per heavy atom. The Kier molecular flexibility index (Phi) is 3.31. The van der Waals surface area contributed by atoms with E-state index in [4.69, 9.17) is 0 Å². The molecular weight excluding hydrogens is 216 g/mol. The number of hydrogen-bond donors (Lipinski definition) is 1. The van der Waals surface area contributed by atoms with E-state index in [1.807, 2.05) is 6.92 Å². The molecule has 4 nitrogen and oxygen atoms in total. The summed E-state index contributed by atoms with van der Waals surface area (Å²) >= 11 is 0. The highest BCUT2D eigenvalue weighted by atomic mass is 16.4. The Hall–Kier alpha value is -1.58. The third-order valence-electron chi connectivity index (χ3n) is 3.43. The molecule has 0 bridgehead atoms. The lowest BCUT2D eigenvalue weighted by Crippen LogP contribution is -2.39. The second-order valence-corrected chi connectivity index (χ2v) is 4.67. The van der Waals surface area contributed by atoms with Crippen molar-refractivity contribution in [2.75, 3.05) is 11.4 Å². The molecule has 17 heavy (non-hydrogen) atoms. The van der Waals surface area contributed by atoms with E-state index in [1.165, 1.54) is 6.42 Å². The molecular formula is C13H18N2O2. The van der Waals surface area contributed by atoms with Crippen LogP contribution in [0.4, 0.5) is 5.82 Å². The molecule has 2 rings (SSSR count). The fourth-order valence-corrected chi connectivity index (χ4v) is 2.44. The molecule has 1 N–H and O–H groups in total. The van der Waals surface area contributed by atoms with Crippen molar-refractivity contribution in [1.29, 1.82) is 0 Å². The van der Waals surface area contributed by atoms with Crippen molar-refractivity contribution in [3.8, 4) is 0 Å². The maximum Gasteiger partial charge on any atom is 0.339 e. The summed E-state index contributed by atoms with van der Waals surface area (Å²) in [6.45, 7) is 4.86. The summed E-state index contributed by atoms with van der Waals surface area (Å²) in [6.07, 6.45) is 5.12. The summed E-state index contributed by atoms with van der Waals surface area (Å²) in [7, 11) is 0. The van der Waals surface area contributed by atoms with Gasteiger partial charge in [-0.15, -0.1) is 0 Å². The van der Waals surface area contributed by atoms with E-state index in [0.29, 0.717) is 17.4 Å². The summed E-state index contributed by atoms with van der Waals surface area (Å²) < 4.78 is 0. The molecule has 1 aliphatic rings. The number of carboxylic acid groups (broad SMARTS) is 1. The molecule has 0 amide bonds. The number of aromatic nitrogens is 1. The smallest absolute Gasteiger partial charge is 0.339 e. The molecule has 0 radical (unpaired) electrons. The normalized spacial score (nSPS) is 20.4. The van der Waals surface area contributed by atoms with Gasteiger partial charge in [0.15, 0.2) is 0 Å². The third-order valence-corrected chi connectivity index (χ3v) is 3.43. The number of hydrogen-bond acceptors (Lipinski definition) is 3. The highest BCUT2D eigenvalue weighted by Gasteiger charge is 2.25. The predicted molar refractivity (Wildman–Crippen MR) is 66.6 cm³/mol. The van der Waals surface area contributed by atoms with E-state index in [2.05, 4.69) is 16.8 Å². The quantitative estimate of drug-likeness (QED) is 0.854. The Balaban J connectivity index is 2.43. The Morgan fingerprint density at radius 1 is 1.53 bits per heavy atom. The van der Waals surface area contributed by atoms with E-state index in [1.54, 1.807) is 12.3 Å². The van der Waals surface area contributed by atoms with Gasteiger partial charge in [-0.2, -0.15) is 0 Å². The monoisotopic (exact) mass is 234 g/mol. The molecule has 92 valence electrons.